The smallest absolute Gasteiger partial charge is 0.343 e. The van der Waals surface area contributed by atoms with Gasteiger partial charge < -0.3 is 10.6 Å². The number of rotatable bonds is 7. The number of aromatic nitrogens is 4. The topological polar surface area (TPSA) is 105 Å². The van der Waals surface area contributed by atoms with Crippen molar-refractivity contribution in [3.05, 3.63) is 56.4 Å². The van der Waals surface area contributed by atoms with Crippen molar-refractivity contribution in [2.45, 2.75) is 38.5 Å². The van der Waals surface area contributed by atoms with Crippen LogP contribution in [0.15, 0.2) is 24.7 Å². The molecule has 1 saturated heterocycles. The van der Waals surface area contributed by atoms with E-state index in [1.807, 2.05) is 0 Å². The third-order valence-corrected chi connectivity index (χ3v) is 7.23. The molecule has 192 valence electrons. The zero-order chi connectivity index (χ0) is 26.0. The zero-order valence-electron chi connectivity index (χ0n) is 19.4. The molecule has 14 heteroatoms. The Bertz CT molecular complexity index is 1270. The second-order valence-corrected chi connectivity index (χ2v) is 9.84. The summed E-state index contributed by atoms with van der Waals surface area (Å²) in [6.45, 7) is 4.32. The van der Waals surface area contributed by atoms with Gasteiger partial charge in [-0.15, -0.1) is 11.3 Å². The molecule has 2 N–H and O–H groups in total. The number of alkyl halides is 3. The van der Waals surface area contributed by atoms with Gasteiger partial charge in [-0.1, -0.05) is 11.6 Å². The summed E-state index contributed by atoms with van der Waals surface area (Å²) in [5.74, 6) is -1.29. The second kappa shape index (κ2) is 10.5. The van der Waals surface area contributed by atoms with Crippen molar-refractivity contribution in [1.82, 2.24) is 30.0 Å². The molecule has 4 heterocycles. The van der Waals surface area contributed by atoms with Crippen LogP contribution in [0.2, 0.25) is 5.02 Å². The molecule has 0 aliphatic carbocycles. The Morgan fingerprint density at radius 1 is 1.17 bits per heavy atom. The minimum atomic E-state index is -4.69. The highest BCUT2D eigenvalue weighted by molar-refractivity contribution is 7.13. The molecular weight excluding hydrogens is 519 g/mol. The van der Waals surface area contributed by atoms with Crippen molar-refractivity contribution in [3.63, 3.8) is 0 Å². The summed E-state index contributed by atoms with van der Waals surface area (Å²) in [6, 6.07) is 0.146. The number of hydrogen-bond donors (Lipinski definition) is 2. The fraction of sp³-hybridized carbons (Fsp3) is 0.409. The van der Waals surface area contributed by atoms with E-state index in [9.17, 15) is 22.8 Å². The van der Waals surface area contributed by atoms with Gasteiger partial charge in [0.1, 0.15) is 15.7 Å². The molecule has 0 radical (unpaired) electrons. The minimum absolute atomic E-state index is 0.146. The van der Waals surface area contributed by atoms with Crippen LogP contribution in [0.25, 0.3) is 0 Å². The molecule has 3 aromatic heterocycles. The number of aryl methyl sites for hydroxylation is 1. The average molecular weight is 542 g/mol. The third kappa shape index (κ3) is 5.85. The van der Waals surface area contributed by atoms with E-state index in [1.54, 1.807) is 18.7 Å². The van der Waals surface area contributed by atoms with Gasteiger partial charge in [0.05, 0.1) is 40.3 Å². The molecule has 0 saturated carbocycles. The SMILES string of the molecule is C[C@@H](NC(=O)c1cnn(C)c1CN1CCCC1)c1ncc(C(=O)Nc2cc(C(F)(F)F)c(Cl)cn2)s1. The maximum atomic E-state index is 13.1. The number of nitrogens with one attached hydrogen (secondary N) is 2. The fourth-order valence-corrected chi connectivity index (χ4v) is 4.85. The highest BCUT2D eigenvalue weighted by atomic mass is 35.5. The first kappa shape index (κ1) is 26.0. The Balaban J connectivity index is 1.41. The highest BCUT2D eigenvalue weighted by Gasteiger charge is 2.34. The number of amides is 2. The van der Waals surface area contributed by atoms with E-state index in [1.165, 1.54) is 12.4 Å². The summed E-state index contributed by atoms with van der Waals surface area (Å²) in [5.41, 5.74) is 0.185. The summed E-state index contributed by atoms with van der Waals surface area (Å²) < 4.78 is 40.9. The van der Waals surface area contributed by atoms with Crippen molar-refractivity contribution < 1.29 is 22.8 Å². The number of carbonyl (C=O) groups excluding carboxylic acids is 2. The maximum Gasteiger partial charge on any atom is 0.418 e. The first-order valence-corrected chi connectivity index (χ1v) is 12.3. The number of likely N-dealkylation sites (tertiary alicyclic amines) is 1. The molecule has 9 nitrogen and oxygen atoms in total. The van der Waals surface area contributed by atoms with E-state index in [2.05, 4.69) is 30.6 Å². The normalized spacial score (nSPS) is 15.2. The van der Waals surface area contributed by atoms with Gasteiger partial charge in [-0.3, -0.25) is 19.2 Å². The van der Waals surface area contributed by atoms with Crippen LogP contribution in [0.5, 0.6) is 0 Å². The molecular formula is C22H23ClF3N7O2S. The lowest BCUT2D eigenvalue weighted by Crippen LogP contribution is -2.29. The van der Waals surface area contributed by atoms with Crippen LogP contribution in [0, 0.1) is 0 Å². The molecule has 0 unspecified atom stereocenters. The van der Waals surface area contributed by atoms with E-state index in [0.29, 0.717) is 23.2 Å². The lowest BCUT2D eigenvalue weighted by atomic mass is 10.2. The lowest BCUT2D eigenvalue weighted by molar-refractivity contribution is -0.137. The number of carbonyl (C=O) groups is 2. The second-order valence-electron chi connectivity index (χ2n) is 8.37. The third-order valence-electron chi connectivity index (χ3n) is 5.75. The van der Waals surface area contributed by atoms with Crippen LogP contribution in [0.3, 0.4) is 0 Å². The van der Waals surface area contributed by atoms with Crippen molar-refractivity contribution in [2.24, 2.45) is 7.05 Å². The number of anilines is 1. The van der Waals surface area contributed by atoms with Gasteiger partial charge in [-0.25, -0.2) is 9.97 Å². The quantitative estimate of drug-likeness (QED) is 0.462. The zero-order valence-corrected chi connectivity index (χ0v) is 21.0. The summed E-state index contributed by atoms with van der Waals surface area (Å²) in [4.78, 5) is 35.9. The predicted octanol–water partition coefficient (Wildman–Crippen LogP) is 4.28. The van der Waals surface area contributed by atoms with Crippen molar-refractivity contribution >= 4 is 40.6 Å². The summed E-state index contributed by atoms with van der Waals surface area (Å²) in [6.07, 6.45) is 1.23. The summed E-state index contributed by atoms with van der Waals surface area (Å²) >= 11 is 6.58. The Morgan fingerprint density at radius 2 is 1.89 bits per heavy atom. The highest BCUT2D eigenvalue weighted by Crippen LogP contribution is 2.35. The van der Waals surface area contributed by atoms with Gasteiger partial charge in [0.15, 0.2) is 0 Å². The van der Waals surface area contributed by atoms with E-state index in [4.69, 9.17) is 11.6 Å². The average Bonchev–Trinajstić information content (AvgIpc) is 3.57. The molecule has 1 aliphatic heterocycles. The largest absolute Gasteiger partial charge is 0.418 e. The molecule has 1 atom stereocenters. The fourth-order valence-electron chi connectivity index (χ4n) is 3.82. The molecule has 1 fully saturated rings. The molecule has 36 heavy (non-hydrogen) atoms. The standard InChI is InChI=1S/C22H23ClF3N7O2S/c1-12(30-19(34)13-8-29-32(2)16(13)11-33-5-3-4-6-33)21-28-10-17(36-21)20(35)31-18-7-14(22(24,25)26)15(23)9-27-18/h7-10,12H,3-6,11H2,1-2H3,(H,30,34)(H,27,31,35)/t12-/m1/s1. The van der Waals surface area contributed by atoms with Gasteiger partial charge >= 0.3 is 6.18 Å². The van der Waals surface area contributed by atoms with Crippen LogP contribution in [-0.2, 0) is 19.8 Å². The van der Waals surface area contributed by atoms with Crippen molar-refractivity contribution in [3.8, 4) is 0 Å². The number of halogens is 4. The van der Waals surface area contributed by atoms with Crippen molar-refractivity contribution in [2.75, 3.05) is 18.4 Å². The van der Waals surface area contributed by atoms with Gasteiger partial charge in [0.25, 0.3) is 11.8 Å². The van der Waals surface area contributed by atoms with Gasteiger partial charge in [0.2, 0.25) is 0 Å². The van der Waals surface area contributed by atoms with E-state index in [0.717, 1.165) is 49.2 Å². The predicted molar refractivity (Wildman–Crippen MR) is 128 cm³/mol. The molecule has 2 amide bonds. The molecule has 0 bridgehead atoms. The Hall–Kier alpha value is -3.03. The maximum absolute atomic E-state index is 13.1. The van der Waals surface area contributed by atoms with E-state index < -0.39 is 28.7 Å². The molecule has 1 aliphatic rings. The Morgan fingerprint density at radius 3 is 2.58 bits per heavy atom. The minimum Gasteiger partial charge on any atom is -0.343 e. The monoisotopic (exact) mass is 541 g/mol. The van der Waals surface area contributed by atoms with Gasteiger partial charge in [-0.2, -0.15) is 18.3 Å². The Kier molecular flexibility index (Phi) is 7.62. The number of thiazole rings is 1. The van der Waals surface area contributed by atoms with Crippen molar-refractivity contribution in [1.29, 1.82) is 0 Å². The number of hydrogen-bond acceptors (Lipinski definition) is 7. The van der Waals surface area contributed by atoms with Crippen LogP contribution >= 0.6 is 22.9 Å². The Labute approximate surface area is 213 Å². The summed E-state index contributed by atoms with van der Waals surface area (Å²) in [5, 5.41) is 9.32. The van der Waals surface area contributed by atoms with Crippen LogP contribution in [-0.4, -0.2) is 49.6 Å². The van der Waals surface area contributed by atoms with Crippen LogP contribution in [0.4, 0.5) is 19.0 Å². The molecule has 0 spiro atoms. The van der Waals surface area contributed by atoms with Crippen LogP contribution < -0.4 is 10.6 Å². The first-order chi connectivity index (χ1) is 17.0. The molecule has 0 aromatic carbocycles. The number of pyridine rings is 1. The summed E-state index contributed by atoms with van der Waals surface area (Å²) in [7, 11) is 1.80. The van der Waals surface area contributed by atoms with Crippen LogP contribution in [0.1, 0.15) is 62.1 Å². The van der Waals surface area contributed by atoms with Gasteiger partial charge in [-0.05, 0) is 38.9 Å². The first-order valence-electron chi connectivity index (χ1n) is 11.1. The van der Waals surface area contributed by atoms with Gasteiger partial charge in [0, 0.05) is 19.8 Å². The molecule has 3 aromatic rings. The van der Waals surface area contributed by atoms with E-state index >= 15 is 0 Å². The van der Waals surface area contributed by atoms with E-state index in [-0.39, 0.29) is 16.6 Å². The number of nitrogens with zero attached hydrogens (tertiary/aromatic N) is 5. The molecule has 4 rings (SSSR count). The lowest BCUT2D eigenvalue weighted by Gasteiger charge is -2.17.